The summed E-state index contributed by atoms with van der Waals surface area (Å²) in [5, 5.41) is 6.06. The first-order chi connectivity index (χ1) is 13.1. The first-order valence-electron chi connectivity index (χ1n) is 8.75. The highest BCUT2D eigenvalue weighted by atomic mass is 16.5. The number of aromatic nitrogens is 2. The number of carbonyl (C=O) groups excluding carboxylic acids is 1. The normalized spacial score (nSPS) is 10.3. The number of hydrogen-bond donors (Lipinski definition) is 2. The van der Waals surface area contributed by atoms with Gasteiger partial charge in [-0.05, 0) is 43.2 Å². The van der Waals surface area contributed by atoms with Gasteiger partial charge in [-0.1, -0.05) is 31.2 Å². The Morgan fingerprint density at radius 2 is 1.89 bits per heavy atom. The highest BCUT2D eigenvalue weighted by molar-refractivity contribution is 6.03. The molecule has 3 rings (SSSR count). The lowest BCUT2D eigenvalue weighted by molar-refractivity contribution is 0.102. The van der Waals surface area contributed by atoms with E-state index in [9.17, 15) is 4.79 Å². The summed E-state index contributed by atoms with van der Waals surface area (Å²) < 4.78 is 5.22. The van der Waals surface area contributed by atoms with Gasteiger partial charge >= 0.3 is 0 Å². The zero-order valence-corrected chi connectivity index (χ0v) is 15.6. The Morgan fingerprint density at radius 3 is 2.67 bits per heavy atom. The van der Waals surface area contributed by atoms with Gasteiger partial charge in [0.1, 0.15) is 11.4 Å². The van der Waals surface area contributed by atoms with Gasteiger partial charge in [-0.3, -0.25) is 4.79 Å². The molecule has 2 aromatic carbocycles. The molecule has 6 heteroatoms. The molecular formula is C21H22N4O2. The first-order valence-corrected chi connectivity index (χ1v) is 8.75. The average Bonchev–Trinajstić information content (AvgIpc) is 2.68. The number of nitrogens with one attached hydrogen (secondary N) is 2. The Labute approximate surface area is 158 Å². The van der Waals surface area contributed by atoms with Crippen molar-refractivity contribution in [2.24, 2.45) is 0 Å². The van der Waals surface area contributed by atoms with Gasteiger partial charge in [0.15, 0.2) is 0 Å². The second kappa shape index (κ2) is 8.31. The smallest absolute Gasteiger partial charge is 0.274 e. The summed E-state index contributed by atoms with van der Waals surface area (Å²) in [5.74, 6) is 0.814. The Hall–Kier alpha value is -3.41. The molecule has 0 saturated carbocycles. The van der Waals surface area contributed by atoms with Crippen molar-refractivity contribution in [3.05, 3.63) is 71.5 Å². The van der Waals surface area contributed by atoms with E-state index in [1.807, 2.05) is 55.5 Å². The minimum Gasteiger partial charge on any atom is -0.497 e. The third kappa shape index (κ3) is 4.61. The minimum atomic E-state index is -0.268. The number of benzene rings is 2. The lowest BCUT2D eigenvalue weighted by atomic mass is 10.1. The molecule has 0 radical (unpaired) electrons. The van der Waals surface area contributed by atoms with Crippen LogP contribution in [0.4, 0.5) is 17.3 Å². The van der Waals surface area contributed by atoms with Crippen LogP contribution in [0.3, 0.4) is 0 Å². The predicted octanol–water partition coefficient (Wildman–Crippen LogP) is 4.35. The Bertz CT molecular complexity index is 956. The molecular weight excluding hydrogens is 340 g/mol. The molecule has 0 spiro atoms. The summed E-state index contributed by atoms with van der Waals surface area (Å²) in [6, 6.07) is 16.8. The van der Waals surface area contributed by atoms with Crippen molar-refractivity contribution in [2.45, 2.75) is 20.3 Å². The van der Waals surface area contributed by atoms with Crippen molar-refractivity contribution < 1.29 is 9.53 Å². The van der Waals surface area contributed by atoms with E-state index in [1.54, 1.807) is 13.2 Å². The van der Waals surface area contributed by atoms with Crippen LogP contribution < -0.4 is 15.4 Å². The lowest BCUT2D eigenvalue weighted by Gasteiger charge is -2.11. The second-order valence-corrected chi connectivity index (χ2v) is 6.04. The van der Waals surface area contributed by atoms with Crippen LogP contribution in [-0.2, 0) is 6.42 Å². The van der Waals surface area contributed by atoms with E-state index in [0.717, 1.165) is 29.1 Å². The SMILES string of the molecule is CCc1ccccc1NC(=O)c1cc(C)nc(Nc2cccc(OC)c2)n1. The Balaban J connectivity index is 1.83. The molecule has 2 N–H and O–H groups in total. The van der Waals surface area contributed by atoms with Crippen molar-refractivity contribution in [2.75, 3.05) is 17.7 Å². The van der Waals surface area contributed by atoms with E-state index < -0.39 is 0 Å². The number of hydrogen-bond acceptors (Lipinski definition) is 5. The molecule has 138 valence electrons. The van der Waals surface area contributed by atoms with E-state index >= 15 is 0 Å². The summed E-state index contributed by atoms with van der Waals surface area (Å²) in [7, 11) is 1.61. The monoisotopic (exact) mass is 362 g/mol. The summed E-state index contributed by atoms with van der Waals surface area (Å²) in [5.41, 5.74) is 3.65. The minimum absolute atomic E-state index is 0.268. The van der Waals surface area contributed by atoms with Gasteiger partial charge in [0, 0.05) is 23.1 Å². The lowest BCUT2D eigenvalue weighted by Crippen LogP contribution is -2.16. The maximum atomic E-state index is 12.7. The maximum Gasteiger partial charge on any atom is 0.274 e. The standard InChI is InChI=1S/C21H22N4O2/c1-4-15-8-5-6-11-18(15)24-20(26)19-12-14(2)22-21(25-19)23-16-9-7-10-17(13-16)27-3/h5-13H,4H2,1-3H3,(H,24,26)(H,22,23,25). The van der Waals surface area contributed by atoms with Crippen molar-refractivity contribution >= 4 is 23.2 Å². The molecule has 0 bridgehead atoms. The van der Waals surface area contributed by atoms with Crippen molar-refractivity contribution in [1.82, 2.24) is 9.97 Å². The fourth-order valence-corrected chi connectivity index (χ4v) is 2.71. The number of aryl methyl sites for hydroxylation is 2. The Kier molecular flexibility index (Phi) is 5.66. The van der Waals surface area contributed by atoms with Gasteiger partial charge in [-0.15, -0.1) is 0 Å². The van der Waals surface area contributed by atoms with Gasteiger partial charge in [0.25, 0.3) is 5.91 Å². The highest BCUT2D eigenvalue weighted by Crippen LogP contribution is 2.20. The molecule has 1 heterocycles. The van der Waals surface area contributed by atoms with E-state index in [-0.39, 0.29) is 5.91 Å². The third-order valence-corrected chi connectivity index (χ3v) is 4.06. The molecule has 1 amide bonds. The van der Waals surface area contributed by atoms with Gasteiger partial charge in [-0.2, -0.15) is 0 Å². The summed E-state index contributed by atoms with van der Waals surface area (Å²) in [6.07, 6.45) is 0.835. The largest absolute Gasteiger partial charge is 0.497 e. The van der Waals surface area contributed by atoms with Crippen LogP contribution in [0.2, 0.25) is 0 Å². The van der Waals surface area contributed by atoms with Crippen LogP contribution in [0, 0.1) is 6.92 Å². The van der Waals surface area contributed by atoms with E-state index in [4.69, 9.17) is 4.74 Å². The van der Waals surface area contributed by atoms with Crippen LogP contribution in [0.15, 0.2) is 54.6 Å². The molecule has 27 heavy (non-hydrogen) atoms. The summed E-state index contributed by atoms with van der Waals surface area (Å²) >= 11 is 0. The van der Waals surface area contributed by atoms with Gasteiger partial charge < -0.3 is 15.4 Å². The van der Waals surface area contributed by atoms with Gasteiger partial charge in [-0.25, -0.2) is 9.97 Å². The Morgan fingerprint density at radius 1 is 1.07 bits per heavy atom. The number of carbonyl (C=O) groups is 1. The fraction of sp³-hybridized carbons (Fsp3) is 0.190. The predicted molar refractivity (Wildman–Crippen MR) is 107 cm³/mol. The van der Waals surface area contributed by atoms with E-state index in [1.165, 1.54) is 0 Å². The number of para-hydroxylation sites is 1. The number of amides is 1. The first kappa shape index (κ1) is 18.4. The molecule has 0 aliphatic heterocycles. The number of rotatable bonds is 6. The van der Waals surface area contributed by atoms with Crippen LogP contribution in [0.1, 0.15) is 28.7 Å². The molecule has 0 saturated heterocycles. The highest BCUT2D eigenvalue weighted by Gasteiger charge is 2.13. The summed E-state index contributed by atoms with van der Waals surface area (Å²) in [6.45, 7) is 3.88. The van der Waals surface area contributed by atoms with Crippen LogP contribution in [0.5, 0.6) is 5.75 Å². The van der Waals surface area contributed by atoms with Crippen molar-refractivity contribution in [3.63, 3.8) is 0 Å². The van der Waals surface area contributed by atoms with E-state index in [2.05, 4.69) is 27.5 Å². The zero-order valence-electron chi connectivity index (χ0n) is 15.6. The molecule has 0 atom stereocenters. The number of anilines is 3. The topological polar surface area (TPSA) is 76.1 Å². The zero-order chi connectivity index (χ0) is 19.2. The number of nitrogens with zero attached hydrogens (tertiary/aromatic N) is 2. The van der Waals surface area contributed by atoms with Crippen LogP contribution in [0.25, 0.3) is 0 Å². The molecule has 0 unspecified atom stereocenters. The summed E-state index contributed by atoms with van der Waals surface area (Å²) in [4.78, 5) is 21.4. The maximum absolute atomic E-state index is 12.7. The molecule has 0 aliphatic rings. The van der Waals surface area contributed by atoms with Crippen LogP contribution >= 0.6 is 0 Å². The molecule has 3 aromatic rings. The van der Waals surface area contributed by atoms with Crippen molar-refractivity contribution in [1.29, 1.82) is 0 Å². The number of methoxy groups -OCH3 is 1. The molecule has 6 nitrogen and oxygen atoms in total. The fourth-order valence-electron chi connectivity index (χ4n) is 2.71. The molecule has 0 fully saturated rings. The van der Waals surface area contributed by atoms with Gasteiger partial charge in [0.05, 0.1) is 7.11 Å². The van der Waals surface area contributed by atoms with Gasteiger partial charge in [0.2, 0.25) is 5.95 Å². The quantitative estimate of drug-likeness (QED) is 0.682. The molecule has 0 aliphatic carbocycles. The number of ether oxygens (including phenoxy) is 1. The van der Waals surface area contributed by atoms with E-state index in [0.29, 0.717) is 17.3 Å². The second-order valence-electron chi connectivity index (χ2n) is 6.04. The molecule has 1 aromatic heterocycles. The van der Waals surface area contributed by atoms with Crippen LogP contribution in [-0.4, -0.2) is 23.0 Å². The third-order valence-electron chi connectivity index (χ3n) is 4.06. The average molecular weight is 362 g/mol. The van der Waals surface area contributed by atoms with Crippen molar-refractivity contribution in [3.8, 4) is 5.75 Å².